The summed E-state index contributed by atoms with van der Waals surface area (Å²) >= 11 is 0. The molecular weight excluding hydrogens is 114 g/mol. The van der Waals surface area contributed by atoms with Crippen LogP contribution in [0.1, 0.15) is 20.8 Å². The predicted octanol–water partition coefficient (Wildman–Crippen LogP) is 1.50. The van der Waals surface area contributed by atoms with Crippen LogP contribution in [-0.2, 0) is 4.74 Å². The van der Waals surface area contributed by atoms with Crippen LogP contribution in [0.4, 0.5) is 0 Å². The molecular formula is C7H15NO. The molecule has 0 aliphatic carbocycles. The molecule has 0 aliphatic heterocycles. The highest BCUT2D eigenvalue weighted by Crippen LogP contribution is 1.89. The second kappa shape index (κ2) is 5.76. The Kier molecular flexibility index (Phi) is 5.52. The van der Waals surface area contributed by atoms with Crippen molar-refractivity contribution < 1.29 is 4.74 Å². The lowest BCUT2D eigenvalue weighted by Crippen LogP contribution is -2.11. The molecule has 0 heterocycles. The van der Waals surface area contributed by atoms with E-state index in [1.54, 1.807) is 6.21 Å². The smallest absolute Gasteiger partial charge is 0.0741 e. The zero-order valence-electron chi connectivity index (χ0n) is 6.42. The largest absolute Gasteiger partial charge is 0.377 e. The Labute approximate surface area is 56.9 Å². The van der Waals surface area contributed by atoms with Crippen LogP contribution in [0.15, 0.2) is 4.99 Å². The third-order valence-electron chi connectivity index (χ3n) is 0.996. The molecule has 0 radical (unpaired) electrons. The van der Waals surface area contributed by atoms with Gasteiger partial charge in [-0.2, -0.15) is 0 Å². The Hall–Kier alpha value is -0.370. The van der Waals surface area contributed by atoms with Crippen LogP contribution in [-0.4, -0.2) is 25.5 Å². The average Bonchev–Trinajstić information content (AvgIpc) is 1.85. The van der Waals surface area contributed by atoms with Crippen molar-refractivity contribution >= 4 is 6.21 Å². The van der Waals surface area contributed by atoms with Crippen molar-refractivity contribution in [1.29, 1.82) is 0 Å². The molecule has 1 atom stereocenters. The van der Waals surface area contributed by atoms with E-state index in [0.717, 1.165) is 13.2 Å². The van der Waals surface area contributed by atoms with Gasteiger partial charge in [0.05, 0.1) is 12.6 Å². The summed E-state index contributed by atoms with van der Waals surface area (Å²) in [6.45, 7) is 7.49. The van der Waals surface area contributed by atoms with Crippen molar-refractivity contribution in [2.24, 2.45) is 4.99 Å². The van der Waals surface area contributed by atoms with E-state index < -0.39 is 0 Å². The highest BCUT2D eigenvalue weighted by molar-refractivity contribution is 5.53. The van der Waals surface area contributed by atoms with Crippen molar-refractivity contribution in [2.75, 3.05) is 13.2 Å². The highest BCUT2D eigenvalue weighted by atomic mass is 16.5. The van der Waals surface area contributed by atoms with E-state index in [9.17, 15) is 0 Å². The van der Waals surface area contributed by atoms with Gasteiger partial charge in [0.1, 0.15) is 0 Å². The molecule has 9 heavy (non-hydrogen) atoms. The van der Waals surface area contributed by atoms with Crippen molar-refractivity contribution in [3.63, 3.8) is 0 Å². The zero-order chi connectivity index (χ0) is 7.11. The van der Waals surface area contributed by atoms with Gasteiger partial charge < -0.3 is 4.74 Å². The number of ether oxygens (including phenoxy) is 1. The quantitative estimate of drug-likeness (QED) is 0.527. The predicted molar refractivity (Wildman–Crippen MR) is 40.1 cm³/mol. The lowest BCUT2D eigenvalue weighted by molar-refractivity contribution is 0.0830. The maximum atomic E-state index is 5.23. The third-order valence-corrected chi connectivity index (χ3v) is 0.996. The minimum absolute atomic E-state index is 0.270. The first-order valence-electron chi connectivity index (χ1n) is 3.37. The summed E-state index contributed by atoms with van der Waals surface area (Å²) < 4.78 is 5.23. The van der Waals surface area contributed by atoms with E-state index in [1.165, 1.54) is 0 Å². The fraction of sp³-hybridized carbons (Fsp3) is 0.857. The Balaban J connectivity index is 3.15. The van der Waals surface area contributed by atoms with Gasteiger partial charge in [-0.05, 0) is 27.0 Å². The molecule has 1 unspecified atom stereocenters. The lowest BCUT2D eigenvalue weighted by atomic mass is 10.4. The Morgan fingerprint density at radius 3 is 2.78 bits per heavy atom. The van der Waals surface area contributed by atoms with Crippen LogP contribution in [0.3, 0.4) is 0 Å². The number of hydrogen-bond donors (Lipinski definition) is 0. The Morgan fingerprint density at radius 2 is 2.33 bits per heavy atom. The maximum absolute atomic E-state index is 5.23. The number of nitrogens with zero attached hydrogens (tertiary/aromatic N) is 1. The van der Waals surface area contributed by atoms with E-state index in [-0.39, 0.29) is 6.10 Å². The van der Waals surface area contributed by atoms with Crippen LogP contribution in [0.5, 0.6) is 0 Å². The maximum Gasteiger partial charge on any atom is 0.0741 e. The molecule has 0 aromatic heterocycles. The summed E-state index contributed by atoms with van der Waals surface area (Å²) in [6, 6.07) is 0. The van der Waals surface area contributed by atoms with Crippen LogP contribution >= 0.6 is 0 Å². The molecule has 0 saturated heterocycles. The summed E-state index contributed by atoms with van der Waals surface area (Å²) in [4.78, 5) is 4.04. The first-order chi connectivity index (χ1) is 4.31. The van der Waals surface area contributed by atoms with E-state index in [0.29, 0.717) is 0 Å². The Morgan fingerprint density at radius 1 is 1.67 bits per heavy atom. The molecule has 54 valence electrons. The molecule has 0 N–H and O–H groups in total. The number of rotatable bonds is 4. The fourth-order valence-electron chi connectivity index (χ4n) is 0.591. The van der Waals surface area contributed by atoms with Crippen LogP contribution in [0.2, 0.25) is 0 Å². The van der Waals surface area contributed by atoms with Crippen molar-refractivity contribution in [1.82, 2.24) is 0 Å². The molecule has 0 aromatic rings. The second-order valence-electron chi connectivity index (χ2n) is 1.89. The van der Waals surface area contributed by atoms with Gasteiger partial charge in [0.15, 0.2) is 0 Å². The molecule has 2 nitrogen and oxygen atoms in total. The minimum Gasteiger partial charge on any atom is -0.377 e. The van der Waals surface area contributed by atoms with Gasteiger partial charge in [0.2, 0.25) is 0 Å². The molecule has 0 aliphatic rings. The van der Waals surface area contributed by atoms with Gasteiger partial charge in [-0.3, -0.25) is 4.99 Å². The summed E-state index contributed by atoms with van der Waals surface area (Å²) in [7, 11) is 0. The van der Waals surface area contributed by atoms with Crippen molar-refractivity contribution in [2.45, 2.75) is 26.9 Å². The topological polar surface area (TPSA) is 21.6 Å². The highest BCUT2D eigenvalue weighted by Gasteiger charge is 1.95. The fourth-order valence-corrected chi connectivity index (χ4v) is 0.591. The van der Waals surface area contributed by atoms with E-state index in [1.807, 2.05) is 20.8 Å². The van der Waals surface area contributed by atoms with Crippen LogP contribution < -0.4 is 0 Å². The SMILES string of the molecule is CC=NCC(C)OCC. The Bertz CT molecular complexity index is 81.0. The van der Waals surface area contributed by atoms with Gasteiger partial charge >= 0.3 is 0 Å². The van der Waals surface area contributed by atoms with Crippen LogP contribution in [0.25, 0.3) is 0 Å². The summed E-state index contributed by atoms with van der Waals surface area (Å²) in [6.07, 6.45) is 2.07. The molecule has 2 heteroatoms. The van der Waals surface area contributed by atoms with Crippen molar-refractivity contribution in [3.8, 4) is 0 Å². The zero-order valence-corrected chi connectivity index (χ0v) is 6.42. The van der Waals surface area contributed by atoms with Crippen LogP contribution in [0, 0.1) is 0 Å². The van der Waals surface area contributed by atoms with E-state index >= 15 is 0 Å². The minimum atomic E-state index is 0.270. The van der Waals surface area contributed by atoms with Crippen molar-refractivity contribution in [3.05, 3.63) is 0 Å². The first kappa shape index (κ1) is 8.63. The van der Waals surface area contributed by atoms with Gasteiger partial charge in [-0.15, -0.1) is 0 Å². The molecule has 0 spiro atoms. The normalized spacial score (nSPS) is 14.6. The lowest BCUT2D eigenvalue weighted by Gasteiger charge is -2.06. The molecule has 0 bridgehead atoms. The second-order valence-corrected chi connectivity index (χ2v) is 1.89. The van der Waals surface area contributed by atoms with Gasteiger partial charge in [-0.1, -0.05) is 0 Å². The van der Waals surface area contributed by atoms with Gasteiger partial charge in [0.25, 0.3) is 0 Å². The third kappa shape index (κ3) is 5.50. The molecule has 0 aromatic carbocycles. The number of aliphatic imine (C=N–C) groups is 1. The monoisotopic (exact) mass is 129 g/mol. The summed E-state index contributed by atoms with van der Waals surface area (Å²) in [5, 5.41) is 0. The molecule has 0 fully saturated rings. The average molecular weight is 129 g/mol. The van der Waals surface area contributed by atoms with E-state index in [2.05, 4.69) is 4.99 Å². The standard InChI is InChI=1S/C7H15NO/c1-4-8-6-7(3)9-5-2/h4,7H,5-6H2,1-3H3. The summed E-state index contributed by atoms with van der Waals surface area (Å²) in [5.74, 6) is 0. The molecule has 0 rings (SSSR count). The number of hydrogen-bond acceptors (Lipinski definition) is 2. The first-order valence-corrected chi connectivity index (χ1v) is 3.37. The molecule has 0 saturated carbocycles. The molecule has 0 amide bonds. The van der Waals surface area contributed by atoms with Gasteiger partial charge in [-0.25, -0.2) is 0 Å². The van der Waals surface area contributed by atoms with E-state index in [4.69, 9.17) is 4.74 Å². The summed E-state index contributed by atoms with van der Waals surface area (Å²) in [5.41, 5.74) is 0. The van der Waals surface area contributed by atoms with Gasteiger partial charge in [0, 0.05) is 6.61 Å².